The fourth-order valence-electron chi connectivity index (χ4n) is 1.68. The average Bonchev–Trinajstić information content (AvgIpc) is 2.79. The van der Waals surface area contributed by atoms with Gasteiger partial charge in [0.25, 0.3) is 5.91 Å². The zero-order valence-electron chi connectivity index (χ0n) is 9.34. The maximum Gasteiger partial charge on any atom is 0.325 e. The second-order valence-corrected chi connectivity index (χ2v) is 4.84. The van der Waals surface area contributed by atoms with Gasteiger partial charge in [0.2, 0.25) is 5.13 Å². The Morgan fingerprint density at radius 3 is 2.82 bits per heavy atom. The number of anilines is 1. The van der Waals surface area contributed by atoms with Gasteiger partial charge in [-0.15, -0.1) is 10.2 Å². The van der Waals surface area contributed by atoms with Crippen LogP contribution in [0.25, 0.3) is 0 Å². The van der Waals surface area contributed by atoms with Gasteiger partial charge in [-0.2, -0.15) is 0 Å². The highest BCUT2D eigenvalue weighted by Crippen LogP contribution is 2.18. The Bertz CT molecular complexity index is 446. The summed E-state index contributed by atoms with van der Waals surface area (Å²) in [6.07, 6.45) is 1.50. The molecule has 1 fully saturated rings. The number of carbonyl (C=O) groups is 2. The third-order valence-electron chi connectivity index (χ3n) is 2.46. The number of hydrogen-bond acceptors (Lipinski definition) is 6. The van der Waals surface area contributed by atoms with Crippen LogP contribution in [0.15, 0.2) is 0 Å². The first kappa shape index (κ1) is 11.8. The number of aromatic nitrogens is 2. The van der Waals surface area contributed by atoms with Crippen molar-refractivity contribution in [3.05, 3.63) is 5.01 Å². The number of nitrogens with one attached hydrogen (secondary N) is 1. The molecular formula is C9H13N5O2S. The Hall–Kier alpha value is -1.70. The van der Waals surface area contributed by atoms with Crippen molar-refractivity contribution in [2.24, 2.45) is 0 Å². The number of amides is 3. The highest BCUT2D eigenvalue weighted by molar-refractivity contribution is 7.15. The number of nitrogen functional groups attached to an aromatic ring is 1. The smallest absolute Gasteiger partial charge is 0.325 e. The third-order valence-corrected chi connectivity index (χ3v) is 3.20. The van der Waals surface area contributed by atoms with Gasteiger partial charge in [0.15, 0.2) is 0 Å². The van der Waals surface area contributed by atoms with Crippen LogP contribution in [0.5, 0.6) is 0 Å². The summed E-state index contributed by atoms with van der Waals surface area (Å²) in [5, 5.41) is 11.0. The lowest BCUT2D eigenvalue weighted by molar-refractivity contribution is -0.128. The van der Waals surface area contributed by atoms with Crippen LogP contribution in [0.4, 0.5) is 9.93 Å². The van der Waals surface area contributed by atoms with Gasteiger partial charge in [-0.25, -0.2) is 4.79 Å². The minimum absolute atomic E-state index is 0.139. The number of urea groups is 1. The molecule has 0 spiro atoms. The van der Waals surface area contributed by atoms with Crippen molar-refractivity contribution in [2.45, 2.75) is 32.4 Å². The highest BCUT2D eigenvalue weighted by atomic mass is 32.1. The van der Waals surface area contributed by atoms with E-state index < -0.39 is 6.04 Å². The predicted molar refractivity (Wildman–Crippen MR) is 62.1 cm³/mol. The quantitative estimate of drug-likeness (QED) is 0.755. The Morgan fingerprint density at radius 1 is 1.47 bits per heavy atom. The van der Waals surface area contributed by atoms with Gasteiger partial charge in [-0.05, 0) is 6.42 Å². The van der Waals surface area contributed by atoms with Crippen LogP contribution < -0.4 is 11.1 Å². The number of carbonyl (C=O) groups excluding carboxylic acids is 2. The molecule has 3 amide bonds. The van der Waals surface area contributed by atoms with Crippen LogP contribution in [0.2, 0.25) is 0 Å². The third kappa shape index (κ3) is 2.36. The normalized spacial score (nSPS) is 19.8. The second-order valence-electron chi connectivity index (χ2n) is 3.75. The molecule has 1 aromatic heterocycles. The van der Waals surface area contributed by atoms with Crippen LogP contribution >= 0.6 is 11.3 Å². The molecule has 1 aliphatic rings. The van der Waals surface area contributed by atoms with Gasteiger partial charge >= 0.3 is 6.03 Å². The standard InChI is InChI=1S/C9H13N5O2S/c1-2-3-5-7(15)14(9(16)11-5)4-6-12-13-8(10)17-6/h5H,2-4H2,1H3,(H2,10,13)(H,11,16). The molecular weight excluding hydrogens is 242 g/mol. The summed E-state index contributed by atoms with van der Waals surface area (Å²) in [6.45, 7) is 2.10. The molecule has 0 bridgehead atoms. The van der Waals surface area contributed by atoms with Crippen LogP contribution in [0.3, 0.4) is 0 Å². The van der Waals surface area contributed by atoms with E-state index in [1.807, 2.05) is 6.92 Å². The maximum absolute atomic E-state index is 11.9. The lowest BCUT2D eigenvalue weighted by Gasteiger charge is -2.10. The molecule has 17 heavy (non-hydrogen) atoms. The second kappa shape index (κ2) is 4.66. The number of nitrogens with zero attached hydrogens (tertiary/aromatic N) is 3. The fourth-order valence-corrected chi connectivity index (χ4v) is 2.28. The summed E-state index contributed by atoms with van der Waals surface area (Å²) in [5.74, 6) is -0.203. The largest absolute Gasteiger partial charge is 0.374 e. The number of hydrogen-bond donors (Lipinski definition) is 2. The van der Waals surface area contributed by atoms with Gasteiger partial charge in [0.1, 0.15) is 11.0 Å². The molecule has 0 radical (unpaired) electrons. The average molecular weight is 255 g/mol. The topological polar surface area (TPSA) is 101 Å². The Kier molecular flexibility index (Phi) is 3.23. The number of rotatable bonds is 4. The molecule has 1 atom stereocenters. The minimum atomic E-state index is -0.405. The molecule has 1 unspecified atom stereocenters. The molecule has 0 aliphatic carbocycles. The lowest BCUT2D eigenvalue weighted by Crippen LogP contribution is -2.30. The van der Waals surface area contributed by atoms with E-state index in [2.05, 4.69) is 15.5 Å². The van der Waals surface area contributed by atoms with Crippen molar-refractivity contribution in [1.82, 2.24) is 20.4 Å². The van der Waals surface area contributed by atoms with Crippen molar-refractivity contribution < 1.29 is 9.59 Å². The van der Waals surface area contributed by atoms with Gasteiger partial charge < -0.3 is 11.1 Å². The van der Waals surface area contributed by atoms with E-state index in [0.717, 1.165) is 11.3 Å². The van der Waals surface area contributed by atoms with Gasteiger partial charge in [-0.1, -0.05) is 24.7 Å². The number of imide groups is 1. The van der Waals surface area contributed by atoms with Gasteiger partial charge in [0.05, 0.1) is 6.54 Å². The fraction of sp³-hybridized carbons (Fsp3) is 0.556. The first-order valence-electron chi connectivity index (χ1n) is 5.31. The lowest BCUT2D eigenvalue weighted by atomic mass is 10.2. The monoisotopic (exact) mass is 255 g/mol. The summed E-state index contributed by atoms with van der Waals surface area (Å²) in [7, 11) is 0. The Morgan fingerprint density at radius 2 is 2.24 bits per heavy atom. The predicted octanol–water partition coefficient (Wildman–Crippen LogP) is 0.341. The van der Waals surface area contributed by atoms with E-state index in [4.69, 9.17) is 5.73 Å². The molecule has 3 N–H and O–H groups in total. The zero-order chi connectivity index (χ0) is 12.4. The Balaban J connectivity index is 2.06. The minimum Gasteiger partial charge on any atom is -0.374 e. The van der Waals surface area contributed by atoms with E-state index in [9.17, 15) is 9.59 Å². The van der Waals surface area contributed by atoms with E-state index in [-0.39, 0.29) is 18.5 Å². The first-order valence-corrected chi connectivity index (χ1v) is 6.13. The van der Waals surface area contributed by atoms with E-state index >= 15 is 0 Å². The van der Waals surface area contributed by atoms with Crippen LogP contribution in [-0.2, 0) is 11.3 Å². The summed E-state index contributed by atoms with van der Waals surface area (Å²) in [4.78, 5) is 24.6. The molecule has 8 heteroatoms. The van der Waals surface area contributed by atoms with Crippen LogP contribution in [0.1, 0.15) is 24.8 Å². The van der Waals surface area contributed by atoms with Crippen molar-refractivity contribution in [3.8, 4) is 0 Å². The van der Waals surface area contributed by atoms with Crippen molar-refractivity contribution in [3.63, 3.8) is 0 Å². The number of nitrogens with two attached hydrogens (primary N) is 1. The molecule has 2 heterocycles. The summed E-state index contributed by atoms with van der Waals surface area (Å²) in [5.41, 5.74) is 5.44. The van der Waals surface area contributed by atoms with Crippen molar-refractivity contribution in [2.75, 3.05) is 5.73 Å². The van der Waals surface area contributed by atoms with Crippen LogP contribution in [0, 0.1) is 0 Å². The molecule has 2 rings (SSSR count). The molecule has 7 nitrogen and oxygen atoms in total. The van der Waals surface area contributed by atoms with Crippen molar-refractivity contribution >= 4 is 28.4 Å². The molecule has 1 aromatic rings. The zero-order valence-corrected chi connectivity index (χ0v) is 10.2. The van der Waals surface area contributed by atoms with E-state index in [1.165, 1.54) is 11.3 Å². The molecule has 92 valence electrons. The van der Waals surface area contributed by atoms with E-state index in [0.29, 0.717) is 16.6 Å². The van der Waals surface area contributed by atoms with Crippen LogP contribution in [-0.4, -0.2) is 33.1 Å². The SMILES string of the molecule is CCCC1NC(=O)N(Cc2nnc(N)s2)C1=O. The summed E-state index contributed by atoms with van der Waals surface area (Å²) in [6, 6.07) is -0.778. The molecule has 1 aliphatic heterocycles. The summed E-state index contributed by atoms with van der Waals surface area (Å²) < 4.78 is 0. The van der Waals surface area contributed by atoms with Crippen molar-refractivity contribution in [1.29, 1.82) is 0 Å². The molecule has 1 saturated heterocycles. The highest BCUT2D eigenvalue weighted by Gasteiger charge is 2.37. The Labute approximate surface area is 102 Å². The van der Waals surface area contributed by atoms with Gasteiger partial charge in [-0.3, -0.25) is 9.69 Å². The molecule has 0 saturated carbocycles. The maximum atomic E-state index is 11.9. The summed E-state index contributed by atoms with van der Waals surface area (Å²) >= 11 is 1.17. The first-order chi connectivity index (χ1) is 8.11. The van der Waals surface area contributed by atoms with Gasteiger partial charge in [0, 0.05) is 0 Å². The van der Waals surface area contributed by atoms with E-state index in [1.54, 1.807) is 0 Å². The molecule has 0 aromatic carbocycles.